The van der Waals surface area contributed by atoms with Crippen LogP contribution in [0.5, 0.6) is 0 Å². The zero-order chi connectivity index (χ0) is 22.0. The van der Waals surface area contributed by atoms with Gasteiger partial charge in [-0.3, -0.25) is 14.4 Å². The number of nitrogens with one attached hydrogen (secondary N) is 1. The molecule has 0 saturated carbocycles. The molecule has 0 aromatic heterocycles. The Morgan fingerprint density at radius 2 is 1.84 bits per heavy atom. The molecule has 1 saturated heterocycles. The first-order valence-electron chi connectivity index (χ1n) is 10.7. The molecule has 0 unspecified atom stereocenters. The lowest BCUT2D eigenvalue weighted by molar-refractivity contribution is -0.122. The van der Waals surface area contributed by atoms with Gasteiger partial charge in [-0.1, -0.05) is 30.3 Å². The number of nitrogens with zero attached hydrogens (tertiary/aromatic N) is 3. The molecule has 3 amide bonds. The van der Waals surface area contributed by atoms with Crippen molar-refractivity contribution in [3.63, 3.8) is 0 Å². The highest BCUT2D eigenvalue weighted by Crippen LogP contribution is 2.33. The second-order valence-corrected chi connectivity index (χ2v) is 8.31. The average molecular weight is 421 g/mol. The maximum Gasteiger partial charge on any atom is 0.256 e. The van der Waals surface area contributed by atoms with Crippen LogP contribution in [-0.2, 0) is 11.3 Å². The fourth-order valence-electron chi connectivity index (χ4n) is 4.31. The number of hydrogen-bond acceptors (Lipinski definition) is 4. The van der Waals surface area contributed by atoms with Crippen LogP contribution in [0.25, 0.3) is 0 Å². The second-order valence-electron chi connectivity index (χ2n) is 8.31. The number of carbonyl (C=O) groups excluding carboxylic acids is 3. The highest BCUT2D eigenvalue weighted by atomic mass is 16.2. The van der Waals surface area contributed by atoms with Crippen molar-refractivity contribution >= 4 is 23.4 Å². The van der Waals surface area contributed by atoms with Crippen LogP contribution < -0.4 is 10.2 Å². The number of fused-ring (bicyclic) bond motifs is 2. The van der Waals surface area contributed by atoms with Crippen molar-refractivity contribution in [2.24, 2.45) is 0 Å². The van der Waals surface area contributed by atoms with Crippen molar-refractivity contribution < 1.29 is 14.4 Å². The van der Waals surface area contributed by atoms with Crippen LogP contribution in [0.4, 0.5) is 5.69 Å². The molecular formula is C24H28N4O3. The van der Waals surface area contributed by atoms with E-state index < -0.39 is 6.04 Å². The van der Waals surface area contributed by atoms with Gasteiger partial charge in [-0.05, 0) is 50.7 Å². The molecule has 162 valence electrons. The number of para-hydroxylation sites is 1. The van der Waals surface area contributed by atoms with E-state index in [0.29, 0.717) is 36.3 Å². The third-order valence-corrected chi connectivity index (χ3v) is 5.93. The molecule has 4 rings (SSSR count). The van der Waals surface area contributed by atoms with Gasteiger partial charge in [0.2, 0.25) is 5.91 Å². The minimum atomic E-state index is -0.444. The molecule has 2 aromatic carbocycles. The van der Waals surface area contributed by atoms with Gasteiger partial charge in [0.05, 0.1) is 17.8 Å². The van der Waals surface area contributed by atoms with Crippen molar-refractivity contribution in [2.75, 3.05) is 38.6 Å². The molecule has 0 spiro atoms. The molecule has 2 heterocycles. The second kappa shape index (κ2) is 8.89. The highest BCUT2D eigenvalue weighted by Gasteiger charge is 2.42. The Hall–Kier alpha value is -3.19. The molecule has 0 aliphatic carbocycles. The molecule has 1 atom stereocenters. The number of anilines is 1. The molecule has 1 N–H and O–H groups in total. The van der Waals surface area contributed by atoms with Crippen LogP contribution in [0.2, 0.25) is 0 Å². The summed E-state index contributed by atoms with van der Waals surface area (Å²) in [5.41, 5.74) is 2.44. The molecule has 2 aliphatic rings. The van der Waals surface area contributed by atoms with Gasteiger partial charge >= 0.3 is 0 Å². The van der Waals surface area contributed by atoms with Gasteiger partial charge in [0.15, 0.2) is 0 Å². The summed E-state index contributed by atoms with van der Waals surface area (Å²) < 4.78 is 0. The van der Waals surface area contributed by atoms with Crippen LogP contribution in [0.15, 0.2) is 48.5 Å². The van der Waals surface area contributed by atoms with E-state index in [1.807, 2.05) is 55.4 Å². The predicted octanol–water partition coefficient (Wildman–Crippen LogP) is 2.13. The Kier molecular flexibility index (Phi) is 6.04. The number of carbonyl (C=O) groups is 3. The van der Waals surface area contributed by atoms with E-state index in [2.05, 4.69) is 5.32 Å². The van der Waals surface area contributed by atoms with Crippen molar-refractivity contribution in [3.8, 4) is 0 Å². The number of likely N-dealkylation sites (N-methyl/N-ethyl adjacent to an activating group) is 1. The molecular weight excluding hydrogens is 392 g/mol. The first-order valence-corrected chi connectivity index (χ1v) is 10.7. The summed E-state index contributed by atoms with van der Waals surface area (Å²) in [6.07, 6.45) is 1.49. The van der Waals surface area contributed by atoms with Crippen molar-refractivity contribution in [1.29, 1.82) is 0 Å². The van der Waals surface area contributed by atoms with Crippen molar-refractivity contribution in [3.05, 3.63) is 65.2 Å². The molecule has 0 radical (unpaired) electrons. The van der Waals surface area contributed by atoms with Gasteiger partial charge in [-0.2, -0.15) is 0 Å². The summed E-state index contributed by atoms with van der Waals surface area (Å²) in [5, 5.41) is 2.95. The summed E-state index contributed by atoms with van der Waals surface area (Å²) in [6, 6.07) is 14.1. The molecule has 0 bridgehead atoms. The molecule has 31 heavy (non-hydrogen) atoms. The monoisotopic (exact) mass is 420 g/mol. The summed E-state index contributed by atoms with van der Waals surface area (Å²) in [6.45, 7) is 2.12. The van der Waals surface area contributed by atoms with Gasteiger partial charge in [0, 0.05) is 25.2 Å². The first kappa shape index (κ1) is 21.1. The Morgan fingerprint density at radius 3 is 2.65 bits per heavy atom. The van der Waals surface area contributed by atoms with Gasteiger partial charge in [0.1, 0.15) is 6.04 Å². The standard InChI is InChI=1S/C24H28N4O3/c1-26(2)15-13-25-22(29)18-9-4-3-8-17(18)16-28-20-11-6-5-10-19(20)23(30)27-14-7-12-21(27)24(28)31/h3-6,8-11,21H,7,12-16H2,1-2H3,(H,25,29)/t21-/m0/s1. The largest absolute Gasteiger partial charge is 0.351 e. The normalized spacial score (nSPS) is 18.1. The van der Waals surface area contributed by atoms with Crippen LogP contribution in [0.3, 0.4) is 0 Å². The van der Waals surface area contributed by atoms with Gasteiger partial charge in [-0.25, -0.2) is 0 Å². The third-order valence-electron chi connectivity index (χ3n) is 5.93. The van der Waals surface area contributed by atoms with Crippen LogP contribution in [0.1, 0.15) is 39.1 Å². The summed E-state index contributed by atoms with van der Waals surface area (Å²) in [4.78, 5) is 44.8. The zero-order valence-electron chi connectivity index (χ0n) is 18.0. The van der Waals surface area contributed by atoms with Crippen LogP contribution in [-0.4, -0.2) is 67.3 Å². The van der Waals surface area contributed by atoms with Crippen LogP contribution in [0, 0.1) is 0 Å². The SMILES string of the molecule is CN(C)CCNC(=O)c1ccccc1CN1C(=O)[C@@H]2CCCN2C(=O)c2ccccc21. The quantitative estimate of drug-likeness (QED) is 0.777. The molecule has 2 aromatic rings. The maximum atomic E-state index is 13.5. The van der Waals surface area contributed by atoms with E-state index in [1.54, 1.807) is 21.9 Å². The molecule has 1 fully saturated rings. The van der Waals surface area contributed by atoms with E-state index >= 15 is 0 Å². The molecule has 7 heteroatoms. The molecule has 7 nitrogen and oxygen atoms in total. The Balaban J connectivity index is 1.66. The molecule has 2 aliphatic heterocycles. The van der Waals surface area contributed by atoms with E-state index in [-0.39, 0.29) is 24.3 Å². The minimum Gasteiger partial charge on any atom is -0.351 e. The van der Waals surface area contributed by atoms with Gasteiger partial charge in [-0.15, -0.1) is 0 Å². The summed E-state index contributed by atoms with van der Waals surface area (Å²) in [5.74, 6) is -0.339. The third kappa shape index (κ3) is 4.18. The number of hydrogen-bond donors (Lipinski definition) is 1. The van der Waals surface area contributed by atoms with E-state index in [0.717, 1.165) is 18.5 Å². The fourth-order valence-corrected chi connectivity index (χ4v) is 4.31. The lowest BCUT2D eigenvalue weighted by Crippen LogP contribution is -2.44. The highest BCUT2D eigenvalue weighted by molar-refractivity contribution is 6.11. The fraction of sp³-hybridized carbons (Fsp3) is 0.375. The zero-order valence-corrected chi connectivity index (χ0v) is 18.0. The predicted molar refractivity (Wildman–Crippen MR) is 119 cm³/mol. The Bertz CT molecular complexity index is 1000. The van der Waals surface area contributed by atoms with Gasteiger partial charge < -0.3 is 20.0 Å². The number of benzene rings is 2. The maximum absolute atomic E-state index is 13.5. The van der Waals surface area contributed by atoms with E-state index in [4.69, 9.17) is 0 Å². The minimum absolute atomic E-state index is 0.0846. The average Bonchev–Trinajstić information content (AvgIpc) is 3.24. The lowest BCUT2D eigenvalue weighted by atomic mass is 10.0. The van der Waals surface area contributed by atoms with E-state index in [1.165, 1.54) is 0 Å². The Morgan fingerprint density at radius 1 is 1.10 bits per heavy atom. The summed E-state index contributed by atoms with van der Waals surface area (Å²) in [7, 11) is 3.91. The van der Waals surface area contributed by atoms with Crippen LogP contribution >= 0.6 is 0 Å². The van der Waals surface area contributed by atoms with Crippen molar-refractivity contribution in [1.82, 2.24) is 15.1 Å². The smallest absolute Gasteiger partial charge is 0.256 e. The summed E-state index contributed by atoms with van der Waals surface area (Å²) >= 11 is 0. The number of rotatable bonds is 6. The number of amides is 3. The Labute approximate surface area is 182 Å². The first-order chi connectivity index (χ1) is 15.0. The van der Waals surface area contributed by atoms with Crippen molar-refractivity contribution in [2.45, 2.75) is 25.4 Å². The van der Waals surface area contributed by atoms with E-state index in [9.17, 15) is 14.4 Å². The topological polar surface area (TPSA) is 73.0 Å². The lowest BCUT2D eigenvalue weighted by Gasteiger charge is -2.26. The van der Waals surface area contributed by atoms with Gasteiger partial charge in [0.25, 0.3) is 11.8 Å².